The highest BCUT2D eigenvalue weighted by atomic mass is 16.5. The van der Waals surface area contributed by atoms with Crippen molar-refractivity contribution in [2.45, 2.75) is 6.61 Å². The Morgan fingerprint density at radius 3 is 2.67 bits per heavy atom. The number of carbonyl (C=O) groups is 1. The van der Waals surface area contributed by atoms with Gasteiger partial charge in [0.1, 0.15) is 19.0 Å². The van der Waals surface area contributed by atoms with E-state index in [4.69, 9.17) is 9.47 Å². The average molecular weight is 282 g/mol. The predicted octanol–water partition coefficient (Wildman–Crippen LogP) is 3.65. The van der Waals surface area contributed by atoms with Crippen LogP contribution >= 0.6 is 0 Å². The molecule has 0 fully saturated rings. The number of hydrogen-bond acceptors (Lipinski definition) is 3. The van der Waals surface area contributed by atoms with Crippen molar-refractivity contribution < 1.29 is 14.3 Å². The largest absolute Gasteiger partial charge is 0.489 e. The van der Waals surface area contributed by atoms with E-state index in [0.717, 1.165) is 5.56 Å². The number of carbonyl (C=O) groups excluding carboxylic acids is 1. The van der Waals surface area contributed by atoms with E-state index >= 15 is 0 Å². The minimum Gasteiger partial charge on any atom is -0.489 e. The summed E-state index contributed by atoms with van der Waals surface area (Å²) >= 11 is 0. The van der Waals surface area contributed by atoms with Crippen LogP contribution in [0, 0.1) is 0 Å². The second-order valence-electron chi connectivity index (χ2n) is 4.53. The van der Waals surface area contributed by atoms with Gasteiger partial charge in [-0.15, -0.1) is 6.58 Å². The minimum absolute atomic E-state index is 0.0498. The maximum Gasteiger partial charge on any atom is 0.188 e. The van der Waals surface area contributed by atoms with Gasteiger partial charge in [-0.05, 0) is 17.7 Å². The zero-order valence-corrected chi connectivity index (χ0v) is 11.8. The second-order valence-corrected chi connectivity index (χ2v) is 4.53. The number of ether oxygens (including phenoxy) is 2. The molecule has 0 saturated heterocycles. The Balaban J connectivity index is 1.94. The van der Waals surface area contributed by atoms with Gasteiger partial charge in [-0.2, -0.15) is 0 Å². The molecule has 0 amide bonds. The maximum absolute atomic E-state index is 11.9. The van der Waals surface area contributed by atoms with E-state index in [1.165, 1.54) is 0 Å². The van der Waals surface area contributed by atoms with Gasteiger partial charge in [0.15, 0.2) is 5.78 Å². The van der Waals surface area contributed by atoms with E-state index in [-0.39, 0.29) is 12.4 Å². The summed E-state index contributed by atoms with van der Waals surface area (Å²) in [5.41, 5.74) is 1.67. The lowest BCUT2D eigenvalue weighted by Gasteiger charge is -2.08. The summed E-state index contributed by atoms with van der Waals surface area (Å²) < 4.78 is 10.9. The summed E-state index contributed by atoms with van der Waals surface area (Å²) in [4.78, 5) is 11.9. The van der Waals surface area contributed by atoms with Gasteiger partial charge >= 0.3 is 0 Å². The Labute approximate surface area is 124 Å². The lowest BCUT2D eigenvalue weighted by atomic mass is 10.1. The molecule has 108 valence electrons. The molecule has 0 N–H and O–H groups in total. The number of ketones is 1. The van der Waals surface area contributed by atoms with E-state index in [1.54, 1.807) is 24.3 Å². The molecule has 0 aliphatic heterocycles. The summed E-state index contributed by atoms with van der Waals surface area (Å²) in [6, 6.07) is 17.0. The summed E-state index contributed by atoms with van der Waals surface area (Å²) in [5, 5.41) is 0. The van der Waals surface area contributed by atoms with E-state index in [9.17, 15) is 4.79 Å². The summed E-state index contributed by atoms with van der Waals surface area (Å²) in [6.45, 7) is 4.44. The Bertz CT molecular complexity index is 590. The second kappa shape index (κ2) is 8.02. The lowest BCUT2D eigenvalue weighted by molar-refractivity contribution is 0.0806. The van der Waals surface area contributed by atoms with Crippen LogP contribution in [0.25, 0.3) is 0 Å². The molecule has 2 aromatic rings. The quantitative estimate of drug-likeness (QED) is 0.421. The molecule has 0 aliphatic rings. The van der Waals surface area contributed by atoms with Crippen molar-refractivity contribution in [1.82, 2.24) is 0 Å². The van der Waals surface area contributed by atoms with Gasteiger partial charge in [0, 0.05) is 5.56 Å². The van der Waals surface area contributed by atoms with E-state index in [2.05, 4.69) is 6.58 Å². The molecular weight excluding hydrogens is 264 g/mol. The normalized spacial score (nSPS) is 10.1. The van der Waals surface area contributed by atoms with Crippen LogP contribution in [-0.2, 0) is 11.3 Å². The van der Waals surface area contributed by atoms with Crippen molar-refractivity contribution in [3.8, 4) is 5.75 Å². The van der Waals surface area contributed by atoms with Gasteiger partial charge in [-0.25, -0.2) is 0 Å². The molecule has 0 atom stereocenters. The third-order valence-corrected chi connectivity index (χ3v) is 2.87. The van der Waals surface area contributed by atoms with Gasteiger partial charge in [-0.1, -0.05) is 48.5 Å². The van der Waals surface area contributed by atoms with Crippen LogP contribution in [0.2, 0.25) is 0 Å². The predicted molar refractivity (Wildman–Crippen MR) is 82.6 cm³/mol. The molecule has 0 unspecified atom stereocenters. The average Bonchev–Trinajstić information content (AvgIpc) is 2.54. The molecule has 0 saturated carbocycles. The van der Waals surface area contributed by atoms with Crippen LogP contribution in [0.1, 0.15) is 15.9 Å². The first-order valence-electron chi connectivity index (χ1n) is 6.78. The summed E-state index contributed by atoms with van der Waals surface area (Å²) in [6.07, 6.45) is 1.62. The maximum atomic E-state index is 11.9. The van der Waals surface area contributed by atoms with Crippen molar-refractivity contribution in [3.63, 3.8) is 0 Å². The van der Waals surface area contributed by atoms with Crippen LogP contribution in [0.5, 0.6) is 5.75 Å². The molecule has 0 spiro atoms. The van der Waals surface area contributed by atoms with Crippen molar-refractivity contribution in [2.24, 2.45) is 0 Å². The summed E-state index contributed by atoms with van der Waals surface area (Å²) in [7, 11) is 0. The molecule has 0 radical (unpaired) electrons. The van der Waals surface area contributed by atoms with E-state index < -0.39 is 0 Å². The van der Waals surface area contributed by atoms with Gasteiger partial charge < -0.3 is 9.47 Å². The van der Waals surface area contributed by atoms with Crippen LogP contribution in [0.4, 0.5) is 0 Å². The lowest BCUT2D eigenvalue weighted by Crippen LogP contribution is -2.09. The first-order chi connectivity index (χ1) is 10.3. The number of hydrogen-bond donors (Lipinski definition) is 0. The standard InChI is InChI=1S/C18H18O3/c1-2-11-20-14-18(19)16-9-6-10-17(12-16)21-13-15-7-4-3-5-8-15/h2-10,12H,1,11,13-14H2. The number of benzene rings is 2. The van der Waals surface area contributed by atoms with Gasteiger partial charge in [-0.3, -0.25) is 4.79 Å². The van der Waals surface area contributed by atoms with Gasteiger partial charge in [0.25, 0.3) is 0 Å². The molecule has 3 heteroatoms. The van der Waals surface area contributed by atoms with Crippen LogP contribution in [-0.4, -0.2) is 19.0 Å². The first kappa shape index (κ1) is 15.0. The number of Topliss-reactive ketones (excluding diaryl/α,β-unsaturated/α-hetero) is 1. The third-order valence-electron chi connectivity index (χ3n) is 2.87. The zero-order chi connectivity index (χ0) is 14.9. The highest BCUT2D eigenvalue weighted by Gasteiger charge is 2.07. The van der Waals surface area contributed by atoms with Crippen LogP contribution in [0.15, 0.2) is 67.3 Å². The fourth-order valence-corrected chi connectivity index (χ4v) is 1.82. The summed E-state index contributed by atoms with van der Waals surface area (Å²) in [5.74, 6) is 0.607. The molecule has 0 aliphatic carbocycles. The van der Waals surface area contributed by atoms with E-state index in [1.807, 2.05) is 36.4 Å². The fourth-order valence-electron chi connectivity index (χ4n) is 1.82. The first-order valence-corrected chi connectivity index (χ1v) is 6.78. The van der Waals surface area contributed by atoms with Crippen molar-refractivity contribution in [1.29, 1.82) is 0 Å². The Morgan fingerprint density at radius 2 is 1.90 bits per heavy atom. The Hall–Kier alpha value is -2.39. The van der Waals surface area contributed by atoms with Crippen molar-refractivity contribution in [3.05, 3.63) is 78.4 Å². The minimum atomic E-state index is -0.0676. The van der Waals surface area contributed by atoms with Gasteiger partial charge in [0.05, 0.1) is 6.61 Å². The molecule has 2 aromatic carbocycles. The number of rotatable bonds is 8. The monoisotopic (exact) mass is 282 g/mol. The smallest absolute Gasteiger partial charge is 0.188 e. The van der Waals surface area contributed by atoms with Crippen LogP contribution in [0.3, 0.4) is 0 Å². The molecule has 0 heterocycles. The Kier molecular flexibility index (Phi) is 5.73. The Morgan fingerprint density at radius 1 is 1.10 bits per heavy atom. The molecule has 21 heavy (non-hydrogen) atoms. The van der Waals surface area contributed by atoms with Crippen LogP contribution < -0.4 is 4.74 Å². The third kappa shape index (κ3) is 4.89. The SMILES string of the molecule is C=CCOCC(=O)c1cccc(OCc2ccccc2)c1. The molecular formula is C18H18O3. The highest BCUT2D eigenvalue weighted by molar-refractivity contribution is 5.97. The zero-order valence-electron chi connectivity index (χ0n) is 11.8. The topological polar surface area (TPSA) is 35.5 Å². The molecule has 0 bridgehead atoms. The molecule has 3 nitrogen and oxygen atoms in total. The highest BCUT2D eigenvalue weighted by Crippen LogP contribution is 2.15. The van der Waals surface area contributed by atoms with E-state index in [0.29, 0.717) is 24.5 Å². The van der Waals surface area contributed by atoms with Crippen molar-refractivity contribution >= 4 is 5.78 Å². The molecule has 0 aromatic heterocycles. The fraction of sp³-hybridized carbons (Fsp3) is 0.167. The van der Waals surface area contributed by atoms with Crippen molar-refractivity contribution in [2.75, 3.05) is 13.2 Å². The molecule has 2 rings (SSSR count). The van der Waals surface area contributed by atoms with Gasteiger partial charge in [0.2, 0.25) is 0 Å².